The Hall–Kier alpha value is -3.21. The molecule has 2 aromatic carbocycles. The summed E-state index contributed by atoms with van der Waals surface area (Å²) in [6, 6.07) is 19.5. The maximum Gasteiger partial charge on any atom is 0.322 e. The van der Waals surface area contributed by atoms with E-state index in [2.05, 4.69) is 41.2 Å². The molecule has 5 nitrogen and oxygen atoms in total. The van der Waals surface area contributed by atoms with E-state index in [9.17, 15) is 4.79 Å². The van der Waals surface area contributed by atoms with Crippen molar-refractivity contribution in [1.82, 2.24) is 9.47 Å². The minimum absolute atomic E-state index is 0.0457. The molecular weight excluding hydrogens is 326 g/mol. The van der Waals surface area contributed by atoms with Gasteiger partial charge in [0.25, 0.3) is 0 Å². The number of rotatable bonds is 2. The van der Waals surface area contributed by atoms with Gasteiger partial charge in [-0.05, 0) is 55.0 Å². The third-order valence-corrected chi connectivity index (χ3v) is 4.87. The van der Waals surface area contributed by atoms with Gasteiger partial charge in [-0.1, -0.05) is 18.2 Å². The predicted molar refractivity (Wildman–Crippen MR) is 102 cm³/mol. The molecule has 2 amide bonds. The van der Waals surface area contributed by atoms with Crippen molar-refractivity contribution in [3.63, 3.8) is 0 Å². The summed E-state index contributed by atoms with van der Waals surface area (Å²) in [6.07, 6.45) is 2.05. The second kappa shape index (κ2) is 6.59. The van der Waals surface area contributed by atoms with Crippen molar-refractivity contribution in [2.45, 2.75) is 19.5 Å². The number of fused-ring (bicyclic) bond motifs is 3. The number of urea groups is 1. The molecule has 2 heterocycles. The highest BCUT2D eigenvalue weighted by atomic mass is 16.5. The first kappa shape index (κ1) is 16.3. The van der Waals surface area contributed by atoms with Crippen LogP contribution in [-0.2, 0) is 6.54 Å². The number of methoxy groups -OCH3 is 1. The van der Waals surface area contributed by atoms with Crippen molar-refractivity contribution < 1.29 is 9.53 Å². The topological polar surface area (TPSA) is 46.5 Å². The van der Waals surface area contributed by atoms with Crippen molar-refractivity contribution in [3.8, 4) is 11.4 Å². The number of nitrogens with zero attached hydrogens (tertiary/aromatic N) is 2. The van der Waals surface area contributed by atoms with Crippen LogP contribution < -0.4 is 10.1 Å². The molecule has 1 N–H and O–H groups in total. The van der Waals surface area contributed by atoms with Gasteiger partial charge in [-0.25, -0.2) is 4.79 Å². The van der Waals surface area contributed by atoms with Crippen LogP contribution in [0.2, 0.25) is 0 Å². The lowest BCUT2D eigenvalue weighted by Crippen LogP contribution is -2.36. The van der Waals surface area contributed by atoms with E-state index in [0.717, 1.165) is 28.4 Å². The maximum atomic E-state index is 13.0. The van der Waals surface area contributed by atoms with Crippen molar-refractivity contribution in [2.75, 3.05) is 12.4 Å². The molecule has 1 atom stereocenters. The number of hydrogen-bond donors (Lipinski definition) is 1. The zero-order valence-electron chi connectivity index (χ0n) is 14.8. The van der Waals surface area contributed by atoms with Gasteiger partial charge in [0, 0.05) is 17.6 Å². The molecule has 0 spiro atoms. The first-order valence-electron chi connectivity index (χ1n) is 8.64. The first-order chi connectivity index (χ1) is 12.7. The van der Waals surface area contributed by atoms with Gasteiger partial charge in [-0.2, -0.15) is 0 Å². The monoisotopic (exact) mass is 347 g/mol. The van der Waals surface area contributed by atoms with E-state index in [1.165, 1.54) is 0 Å². The zero-order valence-corrected chi connectivity index (χ0v) is 14.8. The first-order valence-corrected chi connectivity index (χ1v) is 8.64. The van der Waals surface area contributed by atoms with Crippen LogP contribution in [0.15, 0.2) is 66.9 Å². The Morgan fingerprint density at radius 3 is 2.62 bits per heavy atom. The van der Waals surface area contributed by atoms with Crippen LogP contribution in [0.5, 0.6) is 5.75 Å². The van der Waals surface area contributed by atoms with E-state index in [1.807, 2.05) is 47.4 Å². The Labute approximate surface area is 152 Å². The summed E-state index contributed by atoms with van der Waals surface area (Å²) in [5.41, 5.74) is 4.09. The lowest BCUT2D eigenvalue weighted by molar-refractivity contribution is 0.189. The van der Waals surface area contributed by atoms with E-state index in [-0.39, 0.29) is 12.1 Å². The molecule has 1 aliphatic heterocycles. The number of carbonyl (C=O) groups excluding carboxylic acids is 1. The van der Waals surface area contributed by atoms with E-state index < -0.39 is 0 Å². The van der Waals surface area contributed by atoms with E-state index in [4.69, 9.17) is 4.74 Å². The number of hydrogen-bond acceptors (Lipinski definition) is 2. The average Bonchev–Trinajstić information content (AvgIpc) is 3.12. The number of ether oxygens (including phenoxy) is 1. The SMILES string of the molecule is COc1ccc(NC(=O)N2Cc3ccccc3-n3cccc3[C@H]2C)cc1. The molecule has 0 saturated carbocycles. The highest BCUT2D eigenvalue weighted by Crippen LogP contribution is 2.32. The van der Waals surface area contributed by atoms with E-state index in [1.54, 1.807) is 7.11 Å². The molecule has 3 aromatic rings. The zero-order chi connectivity index (χ0) is 18.1. The third kappa shape index (κ3) is 2.81. The summed E-state index contributed by atoms with van der Waals surface area (Å²) in [5, 5.41) is 3.00. The molecule has 1 aliphatic rings. The van der Waals surface area contributed by atoms with E-state index >= 15 is 0 Å². The number of para-hydroxylation sites is 1. The summed E-state index contributed by atoms with van der Waals surface area (Å²) in [7, 11) is 1.62. The standard InChI is InChI=1S/C21H21N3O2/c1-15-19-8-5-13-23(19)20-7-4-3-6-16(20)14-24(15)21(25)22-17-9-11-18(26-2)12-10-17/h3-13,15H,14H2,1-2H3,(H,22,25)/t15-/m1/s1. The van der Waals surface area contributed by atoms with Gasteiger partial charge in [0.1, 0.15) is 5.75 Å². The minimum Gasteiger partial charge on any atom is -0.497 e. The summed E-state index contributed by atoms with van der Waals surface area (Å²) in [5.74, 6) is 0.762. The molecule has 0 aliphatic carbocycles. The number of nitrogens with one attached hydrogen (secondary N) is 1. The summed E-state index contributed by atoms with van der Waals surface area (Å²) < 4.78 is 7.33. The fourth-order valence-electron chi connectivity index (χ4n) is 3.43. The van der Waals surface area contributed by atoms with Crippen LogP contribution in [0.1, 0.15) is 24.2 Å². The van der Waals surface area contributed by atoms with Crippen LogP contribution in [0.25, 0.3) is 5.69 Å². The lowest BCUT2D eigenvalue weighted by Gasteiger charge is -2.27. The van der Waals surface area contributed by atoms with Gasteiger partial charge >= 0.3 is 6.03 Å². The van der Waals surface area contributed by atoms with Crippen molar-refractivity contribution in [1.29, 1.82) is 0 Å². The van der Waals surface area contributed by atoms with Gasteiger partial charge in [-0.3, -0.25) is 0 Å². The Balaban J connectivity index is 1.65. The molecule has 0 saturated heterocycles. The molecule has 0 fully saturated rings. The van der Waals surface area contributed by atoms with Gasteiger partial charge in [0.15, 0.2) is 0 Å². The van der Waals surface area contributed by atoms with Crippen LogP contribution in [0.3, 0.4) is 0 Å². The Kier molecular flexibility index (Phi) is 4.13. The quantitative estimate of drug-likeness (QED) is 0.737. The smallest absolute Gasteiger partial charge is 0.322 e. The molecular formula is C21H21N3O2. The van der Waals surface area contributed by atoms with Crippen molar-refractivity contribution in [3.05, 3.63) is 78.1 Å². The highest BCUT2D eigenvalue weighted by Gasteiger charge is 2.28. The van der Waals surface area contributed by atoms with E-state index in [0.29, 0.717) is 6.54 Å². The predicted octanol–water partition coefficient (Wildman–Crippen LogP) is 4.59. The highest BCUT2D eigenvalue weighted by molar-refractivity contribution is 5.89. The minimum atomic E-state index is -0.118. The third-order valence-electron chi connectivity index (χ3n) is 4.87. The fourth-order valence-corrected chi connectivity index (χ4v) is 3.43. The van der Waals surface area contributed by atoms with Crippen molar-refractivity contribution in [2.24, 2.45) is 0 Å². The van der Waals surface area contributed by atoms with Crippen molar-refractivity contribution >= 4 is 11.7 Å². The molecule has 5 heteroatoms. The average molecular weight is 347 g/mol. The molecule has 26 heavy (non-hydrogen) atoms. The molecule has 132 valence electrons. The summed E-state index contributed by atoms with van der Waals surface area (Å²) in [6.45, 7) is 2.62. The summed E-state index contributed by atoms with van der Waals surface area (Å²) >= 11 is 0. The maximum absolute atomic E-state index is 13.0. The van der Waals surface area contributed by atoms with Crippen LogP contribution >= 0.6 is 0 Å². The number of benzene rings is 2. The Morgan fingerprint density at radius 1 is 1.08 bits per heavy atom. The molecule has 0 bridgehead atoms. The number of carbonyl (C=O) groups is 1. The second-order valence-corrected chi connectivity index (χ2v) is 6.39. The van der Waals surface area contributed by atoms with Gasteiger partial charge in [0.05, 0.1) is 25.4 Å². The fraction of sp³-hybridized carbons (Fsp3) is 0.190. The van der Waals surface area contributed by atoms with Crippen LogP contribution in [-0.4, -0.2) is 22.6 Å². The molecule has 1 aromatic heterocycles. The van der Waals surface area contributed by atoms with Gasteiger partial charge in [0.2, 0.25) is 0 Å². The largest absolute Gasteiger partial charge is 0.497 e. The van der Waals surface area contributed by atoms with Gasteiger partial charge < -0.3 is 19.5 Å². The van der Waals surface area contributed by atoms with Crippen LogP contribution in [0.4, 0.5) is 10.5 Å². The normalized spacial score (nSPS) is 15.6. The summed E-state index contributed by atoms with van der Waals surface area (Å²) in [4.78, 5) is 14.9. The number of amides is 2. The lowest BCUT2D eigenvalue weighted by atomic mass is 10.1. The number of aromatic nitrogens is 1. The van der Waals surface area contributed by atoms with Crippen LogP contribution in [0, 0.1) is 0 Å². The second-order valence-electron chi connectivity index (χ2n) is 6.39. The Morgan fingerprint density at radius 2 is 1.85 bits per heavy atom. The molecule has 4 rings (SSSR count). The number of anilines is 1. The molecule has 0 unspecified atom stereocenters. The molecule has 0 radical (unpaired) electrons. The van der Waals surface area contributed by atoms with Gasteiger partial charge in [-0.15, -0.1) is 0 Å². The Bertz CT molecular complexity index is 930.